The zero-order chi connectivity index (χ0) is 22.8. The summed E-state index contributed by atoms with van der Waals surface area (Å²) in [7, 11) is 2.77. The molecule has 0 bridgehead atoms. The number of nitro groups is 1. The Labute approximate surface area is 178 Å². The van der Waals surface area contributed by atoms with Gasteiger partial charge in [-0.15, -0.1) is 0 Å². The van der Waals surface area contributed by atoms with Crippen LogP contribution in [0.15, 0.2) is 42.5 Å². The number of hydrogen-bond acceptors (Lipinski definition) is 8. The van der Waals surface area contributed by atoms with Crippen LogP contribution in [0.1, 0.15) is 29.6 Å². The van der Waals surface area contributed by atoms with Crippen LogP contribution < -0.4 is 14.8 Å². The van der Waals surface area contributed by atoms with Crippen molar-refractivity contribution in [2.75, 3.05) is 26.1 Å². The molecule has 0 aliphatic carbocycles. The van der Waals surface area contributed by atoms with Crippen LogP contribution in [-0.4, -0.2) is 43.4 Å². The first-order valence-corrected chi connectivity index (χ1v) is 9.29. The number of anilines is 1. The maximum Gasteiger partial charge on any atom is 0.311 e. The van der Waals surface area contributed by atoms with Crippen molar-refractivity contribution < 1.29 is 33.5 Å². The number of carbonyl (C=O) groups excluding carboxylic acids is 3. The maximum atomic E-state index is 12.2. The van der Waals surface area contributed by atoms with Gasteiger partial charge in [0.1, 0.15) is 5.75 Å². The number of ether oxygens (including phenoxy) is 3. The number of carbonyl (C=O) groups is 3. The third-order valence-corrected chi connectivity index (χ3v) is 4.23. The highest BCUT2D eigenvalue weighted by Crippen LogP contribution is 2.27. The Morgan fingerprint density at radius 2 is 1.71 bits per heavy atom. The molecule has 0 aromatic heterocycles. The van der Waals surface area contributed by atoms with Crippen LogP contribution in [0.3, 0.4) is 0 Å². The van der Waals surface area contributed by atoms with Crippen LogP contribution in [0, 0.1) is 10.1 Å². The number of ketones is 1. The van der Waals surface area contributed by atoms with Gasteiger partial charge in [-0.3, -0.25) is 24.5 Å². The average molecular weight is 430 g/mol. The van der Waals surface area contributed by atoms with Crippen molar-refractivity contribution in [2.45, 2.75) is 19.3 Å². The summed E-state index contributed by atoms with van der Waals surface area (Å²) < 4.78 is 14.9. The predicted molar refractivity (Wildman–Crippen MR) is 110 cm³/mol. The molecular weight excluding hydrogens is 408 g/mol. The molecular formula is C21H22N2O8. The first kappa shape index (κ1) is 23.3. The number of nitro benzene ring substituents is 1. The summed E-state index contributed by atoms with van der Waals surface area (Å²) in [4.78, 5) is 46.4. The number of rotatable bonds is 11. The molecule has 1 N–H and O–H groups in total. The lowest BCUT2D eigenvalue weighted by Gasteiger charge is -2.09. The summed E-state index contributed by atoms with van der Waals surface area (Å²) in [6.07, 6.45) is 0.239. The Kier molecular flexibility index (Phi) is 8.50. The van der Waals surface area contributed by atoms with Crippen molar-refractivity contribution >= 4 is 29.0 Å². The molecule has 0 radical (unpaired) electrons. The van der Waals surface area contributed by atoms with Crippen LogP contribution in [0.4, 0.5) is 11.4 Å². The predicted octanol–water partition coefficient (Wildman–Crippen LogP) is 3.15. The lowest BCUT2D eigenvalue weighted by molar-refractivity contribution is -0.385. The lowest BCUT2D eigenvalue weighted by atomic mass is 10.1. The van der Waals surface area contributed by atoms with Gasteiger partial charge in [-0.25, -0.2) is 0 Å². The van der Waals surface area contributed by atoms with Crippen LogP contribution in [0.5, 0.6) is 11.5 Å². The highest BCUT2D eigenvalue weighted by molar-refractivity contribution is 5.98. The maximum absolute atomic E-state index is 12.2. The fraction of sp³-hybridized carbons (Fsp3) is 0.286. The zero-order valence-electron chi connectivity index (χ0n) is 17.1. The Morgan fingerprint density at radius 3 is 2.39 bits per heavy atom. The van der Waals surface area contributed by atoms with Crippen molar-refractivity contribution in [3.8, 4) is 11.5 Å². The van der Waals surface area contributed by atoms with Crippen LogP contribution >= 0.6 is 0 Å². The lowest BCUT2D eigenvalue weighted by Crippen LogP contribution is -2.16. The largest absolute Gasteiger partial charge is 0.495 e. The van der Waals surface area contributed by atoms with Crippen LogP contribution in [-0.2, 0) is 14.3 Å². The van der Waals surface area contributed by atoms with E-state index in [1.165, 1.54) is 26.4 Å². The van der Waals surface area contributed by atoms with E-state index in [2.05, 4.69) is 5.32 Å². The molecule has 0 aliphatic heterocycles. The molecule has 0 atom stereocenters. The Hall–Kier alpha value is -3.95. The molecule has 31 heavy (non-hydrogen) atoms. The Bertz CT molecular complexity index is 974. The molecule has 0 saturated heterocycles. The smallest absolute Gasteiger partial charge is 0.311 e. The van der Waals surface area contributed by atoms with E-state index in [9.17, 15) is 24.5 Å². The Balaban J connectivity index is 1.78. The highest BCUT2D eigenvalue weighted by atomic mass is 16.6. The van der Waals surface area contributed by atoms with Crippen molar-refractivity contribution in [1.29, 1.82) is 0 Å². The number of nitrogens with zero attached hydrogens (tertiary/aromatic N) is 1. The number of hydrogen-bond donors (Lipinski definition) is 1. The normalized spacial score (nSPS) is 10.1. The third kappa shape index (κ3) is 6.81. The van der Waals surface area contributed by atoms with Crippen LogP contribution in [0.2, 0.25) is 0 Å². The summed E-state index contributed by atoms with van der Waals surface area (Å²) in [5.41, 5.74) is 0.189. The molecule has 10 heteroatoms. The number of esters is 1. The first-order chi connectivity index (χ1) is 14.8. The summed E-state index contributed by atoms with van der Waals surface area (Å²) in [5.74, 6) is -0.995. The van der Waals surface area contributed by atoms with E-state index in [1.54, 1.807) is 24.3 Å². The highest BCUT2D eigenvalue weighted by Gasteiger charge is 2.19. The standard InChI is InChI=1S/C21H22N2O8/c1-29-18-7-4-3-6-15(18)22-20(25)8-5-9-21(26)31-13-17(24)14-10-11-19(30-2)16(12-14)23(27)28/h3-4,6-7,10-12H,5,8-9,13H2,1-2H3,(H,22,25). The van der Waals surface area contributed by atoms with Gasteiger partial charge in [0.2, 0.25) is 11.7 Å². The SMILES string of the molecule is COc1ccccc1NC(=O)CCCC(=O)OCC(=O)c1ccc(OC)c([N+](=O)[O-])c1. The van der Waals surface area contributed by atoms with Gasteiger partial charge in [0.25, 0.3) is 0 Å². The quantitative estimate of drug-likeness (QED) is 0.249. The summed E-state index contributed by atoms with van der Waals surface area (Å²) in [6.45, 7) is -0.560. The van der Waals surface area contributed by atoms with Gasteiger partial charge in [-0.1, -0.05) is 12.1 Å². The van der Waals surface area contributed by atoms with Gasteiger partial charge in [0.15, 0.2) is 12.4 Å². The summed E-state index contributed by atoms with van der Waals surface area (Å²) in [5, 5.41) is 13.7. The van der Waals surface area contributed by atoms with Crippen molar-refractivity contribution in [2.24, 2.45) is 0 Å². The molecule has 0 fully saturated rings. The average Bonchev–Trinajstić information content (AvgIpc) is 2.77. The van der Waals surface area contributed by atoms with Crippen molar-refractivity contribution in [3.05, 3.63) is 58.1 Å². The summed E-state index contributed by atoms with van der Waals surface area (Å²) in [6, 6.07) is 10.6. The van der Waals surface area contributed by atoms with Gasteiger partial charge in [0.05, 0.1) is 24.8 Å². The minimum Gasteiger partial charge on any atom is -0.495 e. The molecule has 0 heterocycles. The molecule has 0 aliphatic rings. The number of methoxy groups -OCH3 is 2. The number of para-hydroxylation sites is 2. The Morgan fingerprint density at radius 1 is 1.00 bits per heavy atom. The van der Waals surface area contributed by atoms with Crippen molar-refractivity contribution in [1.82, 2.24) is 0 Å². The number of nitrogens with one attached hydrogen (secondary N) is 1. The number of Topliss-reactive ketones (excluding diaryl/α,β-unsaturated/α-hetero) is 1. The van der Waals surface area contributed by atoms with E-state index >= 15 is 0 Å². The van der Waals surface area contributed by atoms with E-state index < -0.39 is 23.3 Å². The number of benzene rings is 2. The van der Waals surface area contributed by atoms with E-state index in [0.29, 0.717) is 11.4 Å². The van der Waals surface area contributed by atoms with Gasteiger partial charge < -0.3 is 19.5 Å². The molecule has 164 valence electrons. The minimum atomic E-state index is -0.669. The minimum absolute atomic E-state index is 0.0185. The molecule has 0 unspecified atom stereocenters. The van der Waals surface area contributed by atoms with Crippen molar-refractivity contribution in [3.63, 3.8) is 0 Å². The fourth-order valence-electron chi connectivity index (χ4n) is 2.66. The second-order valence-corrected chi connectivity index (χ2v) is 6.33. The van der Waals surface area contributed by atoms with E-state index in [4.69, 9.17) is 14.2 Å². The molecule has 0 saturated carbocycles. The molecule has 10 nitrogen and oxygen atoms in total. The zero-order valence-corrected chi connectivity index (χ0v) is 17.1. The molecule has 2 aromatic carbocycles. The monoisotopic (exact) mass is 430 g/mol. The summed E-state index contributed by atoms with van der Waals surface area (Å²) >= 11 is 0. The second-order valence-electron chi connectivity index (χ2n) is 6.33. The van der Waals surface area contributed by atoms with Gasteiger partial charge in [-0.2, -0.15) is 0 Å². The molecule has 0 spiro atoms. The van der Waals surface area contributed by atoms with E-state index in [0.717, 1.165) is 6.07 Å². The van der Waals surface area contributed by atoms with Gasteiger partial charge in [0, 0.05) is 24.5 Å². The van der Waals surface area contributed by atoms with E-state index in [1.807, 2.05) is 0 Å². The second kappa shape index (κ2) is 11.3. The number of amides is 1. The molecule has 2 aromatic rings. The fourth-order valence-corrected chi connectivity index (χ4v) is 2.66. The van der Waals surface area contributed by atoms with Gasteiger partial charge >= 0.3 is 11.7 Å². The van der Waals surface area contributed by atoms with E-state index in [-0.39, 0.29) is 42.2 Å². The first-order valence-electron chi connectivity index (χ1n) is 9.29. The van der Waals surface area contributed by atoms with Gasteiger partial charge in [-0.05, 0) is 30.7 Å². The molecule has 2 rings (SSSR count). The third-order valence-electron chi connectivity index (χ3n) is 4.23. The molecule has 1 amide bonds. The van der Waals surface area contributed by atoms with Crippen LogP contribution in [0.25, 0.3) is 0 Å². The topological polar surface area (TPSA) is 134 Å².